The molecule has 0 unspecified atom stereocenters. The smallest absolute Gasteiger partial charge is 0.323 e. The number of carbonyl (C=O) groups is 1. The Labute approximate surface area is 161 Å². The Balaban J connectivity index is 2.08. The maximum atomic E-state index is 13.0. The van der Waals surface area contributed by atoms with Crippen LogP contribution in [-0.4, -0.2) is 15.0 Å². The molecule has 6 nitrogen and oxygen atoms in total. The van der Waals surface area contributed by atoms with Crippen LogP contribution in [0.25, 0.3) is 10.9 Å². The largest absolute Gasteiger partial charge is 0.332 e. The van der Waals surface area contributed by atoms with Crippen molar-refractivity contribution in [3.05, 3.63) is 74.4 Å². The van der Waals surface area contributed by atoms with Crippen molar-refractivity contribution in [3.63, 3.8) is 0 Å². The van der Waals surface area contributed by atoms with Crippen LogP contribution in [0, 0.1) is 0 Å². The third kappa shape index (κ3) is 3.66. The third-order valence-corrected chi connectivity index (χ3v) is 4.89. The number of amides is 1. The number of aromatic nitrogens is 2. The van der Waals surface area contributed by atoms with Gasteiger partial charge in [0, 0.05) is 6.04 Å². The molecule has 2 aromatic carbocycles. The molecule has 0 saturated heterocycles. The van der Waals surface area contributed by atoms with Crippen LogP contribution in [-0.2, 0) is 11.3 Å². The lowest BCUT2D eigenvalue weighted by molar-refractivity contribution is -0.116. The van der Waals surface area contributed by atoms with E-state index >= 15 is 0 Å². The van der Waals surface area contributed by atoms with Crippen molar-refractivity contribution < 1.29 is 4.79 Å². The number of nitrogens with zero attached hydrogens (tertiary/aromatic N) is 2. The Bertz CT molecular complexity index is 1120. The zero-order valence-electron chi connectivity index (χ0n) is 15.1. The van der Waals surface area contributed by atoms with E-state index in [0.29, 0.717) is 28.0 Å². The molecule has 0 bridgehead atoms. The third-order valence-electron chi connectivity index (χ3n) is 4.56. The summed E-state index contributed by atoms with van der Waals surface area (Å²) in [6.07, 6.45) is 0.624. The van der Waals surface area contributed by atoms with Gasteiger partial charge in [-0.15, -0.1) is 0 Å². The fourth-order valence-corrected chi connectivity index (χ4v) is 3.14. The van der Waals surface area contributed by atoms with Gasteiger partial charge in [-0.25, -0.2) is 4.79 Å². The highest BCUT2D eigenvalue weighted by Crippen LogP contribution is 2.20. The maximum absolute atomic E-state index is 13.0. The molecule has 0 radical (unpaired) electrons. The summed E-state index contributed by atoms with van der Waals surface area (Å²) in [5.41, 5.74) is 0.0631. The minimum Gasteiger partial charge on any atom is -0.323 e. The van der Waals surface area contributed by atoms with Gasteiger partial charge in [0.2, 0.25) is 5.91 Å². The van der Waals surface area contributed by atoms with Crippen LogP contribution in [0.2, 0.25) is 5.02 Å². The molecule has 0 spiro atoms. The first-order chi connectivity index (χ1) is 12.9. The van der Waals surface area contributed by atoms with E-state index < -0.39 is 11.6 Å². The van der Waals surface area contributed by atoms with E-state index in [-0.39, 0.29) is 18.1 Å². The quantitative estimate of drug-likeness (QED) is 0.731. The standard InChI is InChI=1S/C20H20ClN3O3/c1-3-13(2)24-19(26)14-8-4-7-11-17(14)23(20(24)27)12-18(25)22-16-10-6-5-9-15(16)21/h4-11,13H,3,12H2,1-2H3,(H,22,25)/t13-/m1/s1. The number of hydrogen-bond acceptors (Lipinski definition) is 3. The minimum atomic E-state index is -0.498. The van der Waals surface area contributed by atoms with E-state index in [2.05, 4.69) is 5.32 Å². The Morgan fingerprint density at radius 3 is 2.48 bits per heavy atom. The first-order valence-corrected chi connectivity index (χ1v) is 9.10. The molecule has 0 aliphatic heterocycles. The molecular formula is C20H20ClN3O3. The second kappa shape index (κ2) is 7.80. The van der Waals surface area contributed by atoms with Crippen LogP contribution in [0.5, 0.6) is 0 Å². The van der Waals surface area contributed by atoms with Crippen molar-refractivity contribution in [3.8, 4) is 0 Å². The highest BCUT2D eigenvalue weighted by molar-refractivity contribution is 6.33. The number of carbonyl (C=O) groups excluding carboxylic acids is 1. The van der Waals surface area contributed by atoms with Gasteiger partial charge in [-0.2, -0.15) is 0 Å². The fourth-order valence-electron chi connectivity index (χ4n) is 2.96. The summed E-state index contributed by atoms with van der Waals surface area (Å²) in [6, 6.07) is 13.4. The zero-order chi connectivity index (χ0) is 19.6. The van der Waals surface area contributed by atoms with Crippen LogP contribution in [0.4, 0.5) is 5.69 Å². The predicted molar refractivity (Wildman–Crippen MR) is 108 cm³/mol. The molecule has 7 heteroatoms. The highest BCUT2D eigenvalue weighted by atomic mass is 35.5. The topological polar surface area (TPSA) is 73.1 Å². The van der Waals surface area contributed by atoms with Gasteiger partial charge in [-0.3, -0.25) is 18.7 Å². The molecule has 3 aromatic rings. The lowest BCUT2D eigenvalue weighted by atomic mass is 10.2. The number of nitrogens with one attached hydrogen (secondary N) is 1. The number of hydrogen-bond donors (Lipinski definition) is 1. The average Bonchev–Trinajstić information content (AvgIpc) is 2.67. The first-order valence-electron chi connectivity index (χ1n) is 8.72. The molecule has 1 amide bonds. The number of benzene rings is 2. The SMILES string of the molecule is CC[C@@H](C)n1c(=O)c2ccccc2n(CC(=O)Nc2ccccc2Cl)c1=O. The van der Waals surface area contributed by atoms with E-state index in [1.807, 2.05) is 13.8 Å². The van der Waals surface area contributed by atoms with Crippen molar-refractivity contribution in [2.75, 3.05) is 5.32 Å². The van der Waals surface area contributed by atoms with E-state index in [1.54, 1.807) is 48.5 Å². The number of fused-ring (bicyclic) bond motifs is 1. The lowest BCUT2D eigenvalue weighted by Crippen LogP contribution is -2.43. The average molecular weight is 386 g/mol. The Morgan fingerprint density at radius 1 is 1.11 bits per heavy atom. The maximum Gasteiger partial charge on any atom is 0.332 e. The Hall–Kier alpha value is -2.86. The van der Waals surface area contributed by atoms with Crippen molar-refractivity contribution >= 4 is 34.1 Å². The summed E-state index contributed by atoms with van der Waals surface area (Å²) in [5, 5.41) is 3.53. The van der Waals surface area contributed by atoms with Gasteiger partial charge >= 0.3 is 5.69 Å². The number of anilines is 1. The summed E-state index contributed by atoms with van der Waals surface area (Å²) in [5.74, 6) is -0.398. The van der Waals surface area contributed by atoms with Gasteiger partial charge in [0.05, 0.1) is 21.6 Å². The molecule has 1 N–H and O–H groups in total. The summed E-state index contributed by atoms with van der Waals surface area (Å²) < 4.78 is 2.54. The van der Waals surface area contributed by atoms with Gasteiger partial charge in [0.1, 0.15) is 6.54 Å². The van der Waals surface area contributed by atoms with Crippen LogP contribution in [0.15, 0.2) is 58.1 Å². The van der Waals surface area contributed by atoms with Crippen LogP contribution in [0.3, 0.4) is 0 Å². The van der Waals surface area contributed by atoms with Crippen molar-refractivity contribution in [2.45, 2.75) is 32.9 Å². The number of halogens is 1. The molecule has 0 saturated carbocycles. The lowest BCUT2D eigenvalue weighted by Gasteiger charge is -2.17. The van der Waals surface area contributed by atoms with E-state index in [0.717, 1.165) is 0 Å². The van der Waals surface area contributed by atoms with Crippen LogP contribution in [0.1, 0.15) is 26.3 Å². The summed E-state index contributed by atoms with van der Waals surface area (Å²) in [4.78, 5) is 38.3. The van der Waals surface area contributed by atoms with E-state index in [9.17, 15) is 14.4 Å². The van der Waals surface area contributed by atoms with Crippen LogP contribution >= 0.6 is 11.6 Å². The zero-order valence-corrected chi connectivity index (χ0v) is 15.9. The normalized spacial score (nSPS) is 12.1. The molecule has 0 aliphatic carbocycles. The minimum absolute atomic E-state index is 0.221. The van der Waals surface area contributed by atoms with E-state index in [1.165, 1.54) is 9.13 Å². The van der Waals surface area contributed by atoms with Gasteiger partial charge in [0.15, 0.2) is 0 Å². The second-order valence-corrected chi connectivity index (χ2v) is 6.75. The molecule has 27 heavy (non-hydrogen) atoms. The monoisotopic (exact) mass is 385 g/mol. The number of rotatable bonds is 5. The Morgan fingerprint density at radius 2 is 1.78 bits per heavy atom. The molecule has 140 valence electrons. The molecule has 1 aromatic heterocycles. The van der Waals surface area contributed by atoms with Crippen molar-refractivity contribution in [1.29, 1.82) is 0 Å². The highest BCUT2D eigenvalue weighted by Gasteiger charge is 2.18. The molecular weight excluding hydrogens is 366 g/mol. The molecule has 0 aliphatic rings. The fraction of sp³-hybridized carbons (Fsp3) is 0.250. The molecule has 3 rings (SSSR count). The van der Waals surface area contributed by atoms with E-state index in [4.69, 9.17) is 11.6 Å². The summed E-state index contributed by atoms with van der Waals surface area (Å²) in [7, 11) is 0. The first kappa shape index (κ1) is 18.9. The molecule has 0 fully saturated rings. The summed E-state index contributed by atoms with van der Waals surface area (Å²) >= 11 is 6.08. The van der Waals surface area contributed by atoms with Crippen molar-refractivity contribution in [1.82, 2.24) is 9.13 Å². The van der Waals surface area contributed by atoms with Crippen molar-refractivity contribution in [2.24, 2.45) is 0 Å². The summed E-state index contributed by atoms with van der Waals surface area (Å²) in [6.45, 7) is 3.49. The van der Waals surface area contributed by atoms with Gasteiger partial charge < -0.3 is 5.32 Å². The second-order valence-electron chi connectivity index (χ2n) is 6.35. The Kier molecular flexibility index (Phi) is 5.46. The van der Waals surface area contributed by atoms with Crippen LogP contribution < -0.4 is 16.6 Å². The predicted octanol–water partition coefficient (Wildman–Crippen LogP) is 3.43. The van der Waals surface area contributed by atoms with Gasteiger partial charge in [0.25, 0.3) is 5.56 Å². The van der Waals surface area contributed by atoms with Gasteiger partial charge in [-0.1, -0.05) is 42.8 Å². The molecule has 1 heterocycles. The number of para-hydroxylation sites is 2. The molecule has 1 atom stereocenters. The van der Waals surface area contributed by atoms with Gasteiger partial charge in [-0.05, 0) is 37.6 Å².